The van der Waals surface area contributed by atoms with Crippen LogP contribution < -0.4 is 9.47 Å². The molecule has 1 aromatic heterocycles. The maximum Gasteiger partial charge on any atom is 0.267 e. The standard InChI is InChI=1S/C32H26Cl2N2O4S/c1-3-8-22-15-21(16-28(38-2)30(22)40-20-23-12-13-24(33)18-27(23)34)17-29-31(37)36(19-26-11-7-14-39-26)32(41-29)35-25-9-5-4-6-10-25/h3-7,9-18H,1,8,19-20H2,2H3. The Bertz CT molecular complexity index is 1620. The molecule has 0 aliphatic carbocycles. The average molecular weight is 606 g/mol. The number of halogens is 2. The van der Waals surface area contributed by atoms with Crippen LogP contribution in [0.25, 0.3) is 6.08 Å². The van der Waals surface area contributed by atoms with Crippen molar-refractivity contribution < 1.29 is 18.7 Å². The fourth-order valence-electron chi connectivity index (χ4n) is 4.23. The van der Waals surface area contributed by atoms with Gasteiger partial charge in [0.25, 0.3) is 5.91 Å². The molecule has 1 saturated heterocycles. The van der Waals surface area contributed by atoms with E-state index in [2.05, 4.69) is 6.58 Å². The maximum atomic E-state index is 13.6. The number of thioether (sulfide) groups is 1. The number of carbonyl (C=O) groups is 1. The summed E-state index contributed by atoms with van der Waals surface area (Å²) in [6.45, 7) is 4.40. The molecule has 4 aromatic rings. The number of carbonyl (C=O) groups excluding carboxylic acids is 1. The van der Waals surface area contributed by atoms with Crippen molar-refractivity contribution >= 4 is 57.8 Å². The molecule has 1 aliphatic rings. The molecular weight excluding hydrogens is 579 g/mol. The Morgan fingerprint density at radius 1 is 1.05 bits per heavy atom. The number of rotatable bonds is 10. The summed E-state index contributed by atoms with van der Waals surface area (Å²) in [5, 5.41) is 1.65. The number of hydrogen-bond donors (Lipinski definition) is 0. The first-order valence-electron chi connectivity index (χ1n) is 12.7. The minimum atomic E-state index is -0.164. The van der Waals surface area contributed by atoms with Gasteiger partial charge in [-0.1, -0.05) is 53.5 Å². The van der Waals surface area contributed by atoms with E-state index in [0.29, 0.717) is 43.8 Å². The third-order valence-electron chi connectivity index (χ3n) is 6.19. The van der Waals surface area contributed by atoms with Gasteiger partial charge in [0.05, 0.1) is 30.5 Å². The number of hydrogen-bond acceptors (Lipinski definition) is 6. The second kappa shape index (κ2) is 13.2. The Kier molecular flexibility index (Phi) is 9.19. The molecule has 208 valence electrons. The van der Waals surface area contributed by atoms with Crippen LogP contribution in [-0.4, -0.2) is 23.1 Å². The van der Waals surface area contributed by atoms with Crippen molar-refractivity contribution in [2.24, 2.45) is 4.99 Å². The summed E-state index contributed by atoms with van der Waals surface area (Å²) in [4.78, 5) is 20.5. The summed E-state index contributed by atoms with van der Waals surface area (Å²) < 4.78 is 17.4. The first-order valence-corrected chi connectivity index (χ1v) is 14.3. The number of aliphatic imine (C=N–C) groups is 1. The maximum absolute atomic E-state index is 13.6. The van der Waals surface area contributed by atoms with Gasteiger partial charge in [0.1, 0.15) is 12.4 Å². The number of para-hydroxylation sites is 1. The van der Waals surface area contributed by atoms with Crippen LogP contribution in [0.4, 0.5) is 5.69 Å². The monoisotopic (exact) mass is 604 g/mol. The SMILES string of the molecule is C=CCc1cc(C=C2SC(=Nc3ccccc3)N(Cc3ccco3)C2=O)cc(OC)c1OCc1ccc(Cl)cc1Cl. The van der Waals surface area contributed by atoms with Crippen molar-refractivity contribution in [1.82, 2.24) is 4.90 Å². The molecule has 41 heavy (non-hydrogen) atoms. The van der Waals surface area contributed by atoms with E-state index in [1.165, 1.54) is 11.8 Å². The highest BCUT2D eigenvalue weighted by atomic mass is 35.5. The number of amides is 1. The Morgan fingerprint density at radius 2 is 1.88 bits per heavy atom. The molecule has 5 rings (SSSR count). The predicted molar refractivity (Wildman–Crippen MR) is 166 cm³/mol. The number of allylic oxidation sites excluding steroid dienone is 1. The Hall–Kier alpha value is -3.91. The third-order valence-corrected chi connectivity index (χ3v) is 7.78. The number of ether oxygens (including phenoxy) is 2. The van der Waals surface area contributed by atoms with Gasteiger partial charge in [-0.2, -0.15) is 0 Å². The van der Waals surface area contributed by atoms with Crippen molar-refractivity contribution in [2.75, 3.05) is 7.11 Å². The quantitative estimate of drug-likeness (QED) is 0.134. The van der Waals surface area contributed by atoms with E-state index >= 15 is 0 Å². The van der Waals surface area contributed by atoms with Gasteiger partial charge in [0.2, 0.25) is 0 Å². The highest BCUT2D eigenvalue weighted by Crippen LogP contribution is 2.39. The van der Waals surface area contributed by atoms with E-state index in [9.17, 15) is 4.79 Å². The van der Waals surface area contributed by atoms with Gasteiger partial charge in [0, 0.05) is 21.2 Å². The van der Waals surface area contributed by atoms with Crippen LogP contribution >= 0.6 is 35.0 Å². The molecule has 6 nitrogen and oxygen atoms in total. The number of benzene rings is 3. The zero-order valence-corrected chi connectivity index (χ0v) is 24.5. The van der Waals surface area contributed by atoms with Crippen LogP contribution in [0.2, 0.25) is 10.0 Å². The third kappa shape index (κ3) is 6.88. The molecule has 0 spiro atoms. The van der Waals surface area contributed by atoms with E-state index in [1.807, 2.05) is 60.7 Å². The van der Waals surface area contributed by atoms with Crippen LogP contribution in [0, 0.1) is 0 Å². The molecule has 9 heteroatoms. The van der Waals surface area contributed by atoms with Gasteiger partial charge in [-0.15, -0.1) is 6.58 Å². The van der Waals surface area contributed by atoms with Crippen molar-refractivity contribution in [2.45, 2.75) is 19.6 Å². The van der Waals surface area contributed by atoms with Crippen LogP contribution in [0.3, 0.4) is 0 Å². The molecule has 0 bridgehead atoms. The normalized spacial score (nSPS) is 15.1. The number of methoxy groups -OCH3 is 1. The van der Waals surface area contributed by atoms with Crippen LogP contribution in [0.15, 0.2) is 106 Å². The van der Waals surface area contributed by atoms with E-state index < -0.39 is 0 Å². The zero-order valence-electron chi connectivity index (χ0n) is 22.2. The number of amidine groups is 1. The molecule has 1 aliphatic heterocycles. The van der Waals surface area contributed by atoms with Gasteiger partial charge < -0.3 is 13.9 Å². The molecule has 0 radical (unpaired) electrons. The van der Waals surface area contributed by atoms with Gasteiger partial charge in [0.15, 0.2) is 16.7 Å². The van der Waals surface area contributed by atoms with Crippen molar-refractivity contribution in [3.8, 4) is 11.5 Å². The Labute approximate surface area is 252 Å². The lowest BCUT2D eigenvalue weighted by molar-refractivity contribution is -0.122. The molecular formula is C32H26Cl2N2O4S. The summed E-state index contributed by atoms with van der Waals surface area (Å²) >= 11 is 13.7. The van der Waals surface area contributed by atoms with Crippen molar-refractivity contribution in [3.63, 3.8) is 0 Å². The van der Waals surface area contributed by atoms with Crippen LogP contribution in [0.5, 0.6) is 11.5 Å². The Morgan fingerprint density at radius 3 is 2.59 bits per heavy atom. The molecule has 1 fully saturated rings. The molecule has 0 saturated carbocycles. The fourth-order valence-corrected chi connectivity index (χ4v) is 5.69. The van der Waals surface area contributed by atoms with Crippen molar-refractivity contribution in [3.05, 3.63) is 129 Å². The molecule has 1 amide bonds. The largest absolute Gasteiger partial charge is 0.493 e. The second-order valence-corrected chi connectivity index (χ2v) is 10.9. The van der Waals surface area contributed by atoms with E-state index in [0.717, 1.165) is 22.4 Å². The van der Waals surface area contributed by atoms with Gasteiger partial charge >= 0.3 is 0 Å². The van der Waals surface area contributed by atoms with Crippen LogP contribution in [0.1, 0.15) is 22.5 Å². The summed E-state index contributed by atoms with van der Waals surface area (Å²) in [5.74, 6) is 1.61. The average Bonchev–Trinajstić information content (AvgIpc) is 3.58. The van der Waals surface area contributed by atoms with Gasteiger partial charge in [-0.05, 0) is 78.4 Å². The molecule has 0 unspecified atom stereocenters. The molecule has 3 aromatic carbocycles. The van der Waals surface area contributed by atoms with Crippen LogP contribution in [-0.2, 0) is 24.4 Å². The lowest BCUT2D eigenvalue weighted by Crippen LogP contribution is -2.28. The fraction of sp³-hybridized carbons (Fsp3) is 0.125. The highest BCUT2D eigenvalue weighted by molar-refractivity contribution is 8.18. The van der Waals surface area contributed by atoms with E-state index in [4.69, 9.17) is 42.1 Å². The summed E-state index contributed by atoms with van der Waals surface area (Å²) in [5.41, 5.74) is 3.19. The minimum Gasteiger partial charge on any atom is -0.493 e. The Balaban J connectivity index is 1.47. The van der Waals surface area contributed by atoms with E-state index in [-0.39, 0.29) is 19.1 Å². The predicted octanol–water partition coefficient (Wildman–Crippen LogP) is 8.71. The lowest BCUT2D eigenvalue weighted by atomic mass is 10.0. The molecule has 2 heterocycles. The lowest BCUT2D eigenvalue weighted by Gasteiger charge is -2.16. The first kappa shape index (κ1) is 28.6. The summed E-state index contributed by atoms with van der Waals surface area (Å²) in [7, 11) is 1.58. The van der Waals surface area contributed by atoms with Crippen molar-refractivity contribution in [1.29, 1.82) is 0 Å². The second-order valence-electron chi connectivity index (χ2n) is 9.04. The summed E-state index contributed by atoms with van der Waals surface area (Å²) in [6.07, 6.45) is 5.75. The van der Waals surface area contributed by atoms with Gasteiger partial charge in [-0.25, -0.2) is 4.99 Å². The minimum absolute atomic E-state index is 0.164. The topological polar surface area (TPSA) is 64.3 Å². The highest BCUT2D eigenvalue weighted by Gasteiger charge is 2.34. The van der Waals surface area contributed by atoms with Gasteiger partial charge in [-0.3, -0.25) is 9.69 Å². The summed E-state index contributed by atoms with van der Waals surface area (Å²) in [6, 6.07) is 22.3. The molecule has 0 N–H and O–H groups in total. The van der Waals surface area contributed by atoms with E-state index in [1.54, 1.807) is 42.5 Å². The molecule has 0 atom stereocenters. The smallest absolute Gasteiger partial charge is 0.267 e. The first-order chi connectivity index (χ1) is 19.9. The number of nitrogens with zero attached hydrogens (tertiary/aromatic N) is 2. The number of furan rings is 1. The zero-order chi connectivity index (χ0) is 28.8.